The van der Waals surface area contributed by atoms with Crippen molar-refractivity contribution >= 4 is 34.0 Å². The molecule has 3 rings (SSSR count). The third-order valence-electron chi connectivity index (χ3n) is 3.90. The molecule has 1 N–H and O–H groups in total. The van der Waals surface area contributed by atoms with Crippen LogP contribution in [0.4, 0.5) is 5.00 Å². The Morgan fingerprint density at radius 1 is 1.22 bits per heavy atom. The number of benzene rings is 1. The predicted molar refractivity (Wildman–Crippen MR) is 96.1 cm³/mol. The zero-order valence-electron chi connectivity index (χ0n) is 12.8. The second kappa shape index (κ2) is 7.67. The normalized spacial score (nSPS) is 13.7. The molecule has 0 aliphatic heterocycles. The standard InChI is InChI=1S/C18H18N2OS2/c19-11-15-14-9-5-2-6-10-16(14)23-18(15)20-17(21)12-22-13-7-3-1-4-8-13/h1,3-4,7-8H,2,5-6,9-10,12H2,(H,20,21). The number of rotatable bonds is 4. The van der Waals surface area contributed by atoms with Crippen LogP contribution in [0, 0.1) is 11.3 Å². The number of nitrogens with one attached hydrogen (secondary N) is 1. The average molecular weight is 342 g/mol. The lowest BCUT2D eigenvalue weighted by Crippen LogP contribution is -2.13. The van der Waals surface area contributed by atoms with E-state index in [1.165, 1.54) is 35.0 Å². The maximum absolute atomic E-state index is 12.2. The fraction of sp³-hybridized carbons (Fsp3) is 0.333. The second-order valence-corrected chi connectivity index (χ2v) is 7.68. The Morgan fingerprint density at radius 2 is 2.00 bits per heavy atom. The molecule has 23 heavy (non-hydrogen) atoms. The minimum Gasteiger partial charge on any atom is -0.316 e. The van der Waals surface area contributed by atoms with E-state index in [9.17, 15) is 10.1 Å². The molecule has 0 atom stereocenters. The number of nitriles is 1. The van der Waals surface area contributed by atoms with Crippen LogP contribution in [0.2, 0.25) is 0 Å². The fourth-order valence-electron chi connectivity index (χ4n) is 2.78. The molecule has 0 radical (unpaired) electrons. The molecule has 1 aromatic heterocycles. The number of thiophene rings is 1. The predicted octanol–water partition coefficient (Wildman–Crippen LogP) is 4.62. The average Bonchev–Trinajstić information content (AvgIpc) is 2.74. The third kappa shape index (κ3) is 3.95. The van der Waals surface area contributed by atoms with Crippen LogP contribution in [0.25, 0.3) is 0 Å². The second-order valence-electron chi connectivity index (χ2n) is 5.53. The minimum absolute atomic E-state index is 0.0493. The smallest absolute Gasteiger partial charge is 0.235 e. The third-order valence-corrected chi connectivity index (χ3v) is 6.12. The summed E-state index contributed by atoms with van der Waals surface area (Å²) < 4.78 is 0. The van der Waals surface area contributed by atoms with Gasteiger partial charge in [-0.3, -0.25) is 4.79 Å². The Hall–Kier alpha value is -1.77. The van der Waals surface area contributed by atoms with Gasteiger partial charge in [0.25, 0.3) is 0 Å². The van der Waals surface area contributed by atoms with Gasteiger partial charge in [0.2, 0.25) is 5.91 Å². The summed E-state index contributed by atoms with van der Waals surface area (Å²) >= 11 is 3.10. The van der Waals surface area contributed by atoms with Crippen molar-refractivity contribution in [1.29, 1.82) is 5.26 Å². The van der Waals surface area contributed by atoms with Gasteiger partial charge in [0, 0.05) is 9.77 Å². The Morgan fingerprint density at radius 3 is 2.78 bits per heavy atom. The molecule has 2 aromatic rings. The van der Waals surface area contributed by atoms with E-state index in [1.807, 2.05) is 30.3 Å². The molecule has 1 heterocycles. The van der Waals surface area contributed by atoms with Crippen LogP contribution in [0.1, 0.15) is 35.3 Å². The summed E-state index contributed by atoms with van der Waals surface area (Å²) in [5, 5.41) is 13.2. The Balaban J connectivity index is 1.68. The van der Waals surface area contributed by atoms with E-state index in [-0.39, 0.29) is 5.91 Å². The molecule has 0 saturated heterocycles. The van der Waals surface area contributed by atoms with E-state index in [2.05, 4.69) is 11.4 Å². The van der Waals surface area contributed by atoms with Gasteiger partial charge in [0.1, 0.15) is 11.1 Å². The largest absolute Gasteiger partial charge is 0.316 e. The van der Waals surface area contributed by atoms with Gasteiger partial charge in [-0.1, -0.05) is 24.6 Å². The van der Waals surface area contributed by atoms with Crippen molar-refractivity contribution in [2.24, 2.45) is 0 Å². The highest BCUT2D eigenvalue weighted by atomic mass is 32.2. The number of carbonyl (C=O) groups excluding carboxylic acids is 1. The number of hydrogen-bond acceptors (Lipinski definition) is 4. The number of aryl methyl sites for hydroxylation is 1. The molecule has 1 amide bonds. The van der Waals surface area contributed by atoms with Crippen LogP contribution < -0.4 is 5.32 Å². The number of fused-ring (bicyclic) bond motifs is 1. The van der Waals surface area contributed by atoms with E-state index in [1.54, 1.807) is 11.3 Å². The van der Waals surface area contributed by atoms with E-state index in [0.29, 0.717) is 11.3 Å². The summed E-state index contributed by atoms with van der Waals surface area (Å²) in [5.41, 5.74) is 1.85. The first-order valence-corrected chi connectivity index (χ1v) is 9.60. The Kier molecular flexibility index (Phi) is 5.37. The van der Waals surface area contributed by atoms with Gasteiger partial charge in [-0.25, -0.2) is 0 Å². The van der Waals surface area contributed by atoms with Crippen LogP contribution in [0.15, 0.2) is 35.2 Å². The molecule has 118 valence electrons. The van der Waals surface area contributed by atoms with Crippen molar-refractivity contribution in [3.8, 4) is 6.07 Å². The van der Waals surface area contributed by atoms with Crippen LogP contribution in [-0.4, -0.2) is 11.7 Å². The van der Waals surface area contributed by atoms with Crippen molar-refractivity contribution in [3.63, 3.8) is 0 Å². The van der Waals surface area contributed by atoms with Gasteiger partial charge < -0.3 is 5.32 Å². The van der Waals surface area contributed by atoms with Gasteiger partial charge in [-0.2, -0.15) is 5.26 Å². The Bertz CT molecular complexity index is 731. The van der Waals surface area contributed by atoms with Crippen LogP contribution >= 0.6 is 23.1 Å². The van der Waals surface area contributed by atoms with Gasteiger partial charge >= 0.3 is 0 Å². The van der Waals surface area contributed by atoms with Crippen molar-refractivity contribution in [3.05, 3.63) is 46.3 Å². The van der Waals surface area contributed by atoms with Gasteiger partial charge in [-0.15, -0.1) is 23.1 Å². The van der Waals surface area contributed by atoms with Crippen molar-refractivity contribution < 1.29 is 4.79 Å². The summed E-state index contributed by atoms with van der Waals surface area (Å²) in [6.07, 6.45) is 5.53. The monoisotopic (exact) mass is 342 g/mol. The number of hydrogen-bond donors (Lipinski definition) is 1. The molecule has 0 unspecified atom stereocenters. The number of amides is 1. The molecule has 0 spiro atoms. The Labute approximate surface area is 144 Å². The highest BCUT2D eigenvalue weighted by molar-refractivity contribution is 8.00. The summed E-state index contributed by atoms with van der Waals surface area (Å²) in [6.45, 7) is 0. The lowest BCUT2D eigenvalue weighted by atomic mass is 10.1. The highest BCUT2D eigenvalue weighted by Gasteiger charge is 2.20. The first-order valence-electron chi connectivity index (χ1n) is 7.80. The van der Waals surface area contributed by atoms with Crippen LogP contribution in [0.3, 0.4) is 0 Å². The number of anilines is 1. The van der Waals surface area contributed by atoms with Gasteiger partial charge in [0.05, 0.1) is 11.3 Å². The first kappa shape index (κ1) is 16.1. The maximum Gasteiger partial charge on any atom is 0.235 e. The summed E-state index contributed by atoms with van der Waals surface area (Å²) in [5.74, 6) is 0.309. The van der Waals surface area contributed by atoms with Gasteiger partial charge in [-0.05, 0) is 43.4 Å². The van der Waals surface area contributed by atoms with Crippen LogP contribution in [0.5, 0.6) is 0 Å². The van der Waals surface area contributed by atoms with Crippen LogP contribution in [-0.2, 0) is 17.6 Å². The lowest BCUT2D eigenvalue weighted by Gasteiger charge is -2.04. The SMILES string of the molecule is N#Cc1c(NC(=O)CSc2ccccc2)sc2c1CCCCC2. The molecular weight excluding hydrogens is 324 g/mol. The van der Waals surface area contributed by atoms with E-state index in [4.69, 9.17) is 0 Å². The van der Waals surface area contributed by atoms with Crippen molar-refractivity contribution in [1.82, 2.24) is 0 Å². The molecule has 1 aliphatic carbocycles. The molecule has 3 nitrogen and oxygen atoms in total. The molecule has 1 aromatic carbocycles. The summed E-state index contributed by atoms with van der Waals surface area (Å²) in [6, 6.07) is 12.2. The minimum atomic E-state index is -0.0493. The summed E-state index contributed by atoms with van der Waals surface area (Å²) in [4.78, 5) is 14.6. The molecule has 0 saturated carbocycles. The molecule has 0 fully saturated rings. The number of thioether (sulfide) groups is 1. The lowest BCUT2D eigenvalue weighted by molar-refractivity contribution is -0.113. The van der Waals surface area contributed by atoms with Crippen molar-refractivity contribution in [2.75, 3.05) is 11.1 Å². The number of carbonyl (C=O) groups is 1. The van der Waals surface area contributed by atoms with E-state index in [0.717, 1.165) is 29.2 Å². The molecule has 1 aliphatic rings. The summed E-state index contributed by atoms with van der Waals surface area (Å²) in [7, 11) is 0. The van der Waals surface area contributed by atoms with Gasteiger partial charge in [0.15, 0.2) is 0 Å². The molecule has 0 bridgehead atoms. The maximum atomic E-state index is 12.2. The zero-order valence-corrected chi connectivity index (χ0v) is 14.4. The quantitative estimate of drug-likeness (QED) is 0.651. The van der Waals surface area contributed by atoms with Crippen molar-refractivity contribution in [2.45, 2.75) is 37.0 Å². The molecule has 5 heteroatoms. The zero-order chi connectivity index (χ0) is 16.1. The fourth-order valence-corrected chi connectivity index (χ4v) is 4.75. The van der Waals surface area contributed by atoms with E-state index < -0.39 is 0 Å². The number of nitrogens with zero attached hydrogens (tertiary/aromatic N) is 1. The van der Waals surface area contributed by atoms with E-state index >= 15 is 0 Å². The highest BCUT2D eigenvalue weighted by Crippen LogP contribution is 2.37. The topological polar surface area (TPSA) is 52.9 Å². The molecular formula is C18H18N2OS2. The first-order chi connectivity index (χ1) is 11.3.